The van der Waals surface area contributed by atoms with Crippen LogP contribution in [0.25, 0.3) is 21.9 Å². The zero-order valence-electron chi connectivity index (χ0n) is 16.5. The number of nitrogens with zero attached hydrogens (tertiary/aromatic N) is 2. The fraction of sp³-hybridized carbons (Fsp3) is 0.333. The minimum atomic E-state index is 0.0975. The lowest BCUT2D eigenvalue weighted by atomic mass is 10.0. The predicted octanol–water partition coefficient (Wildman–Crippen LogP) is 5.64. The van der Waals surface area contributed by atoms with E-state index in [1.165, 1.54) is 26.8 Å². The molecule has 1 aliphatic heterocycles. The molecule has 0 aliphatic carbocycles. The van der Waals surface area contributed by atoms with E-state index in [9.17, 15) is 4.79 Å². The molecule has 4 heteroatoms. The van der Waals surface area contributed by atoms with Gasteiger partial charge in [-0.2, -0.15) is 0 Å². The van der Waals surface area contributed by atoms with Gasteiger partial charge in [-0.1, -0.05) is 50.2 Å². The van der Waals surface area contributed by atoms with Crippen molar-refractivity contribution in [2.75, 3.05) is 13.1 Å². The Morgan fingerprint density at radius 3 is 2.46 bits per heavy atom. The average Bonchev–Trinajstić information content (AvgIpc) is 2.74. The van der Waals surface area contributed by atoms with Crippen molar-refractivity contribution in [3.63, 3.8) is 0 Å². The molecule has 0 saturated carbocycles. The number of likely N-dealkylation sites (tertiary alicyclic amines) is 1. The van der Waals surface area contributed by atoms with Crippen molar-refractivity contribution in [3.05, 3.63) is 60.9 Å². The second-order valence-electron chi connectivity index (χ2n) is 7.73. The molecule has 28 heavy (non-hydrogen) atoms. The van der Waals surface area contributed by atoms with Crippen molar-refractivity contribution in [2.24, 2.45) is 5.92 Å². The van der Waals surface area contributed by atoms with E-state index >= 15 is 0 Å². The molecule has 3 aromatic rings. The summed E-state index contributed by atoms with van der Waals surface area (Å²) in [5.41, 5.74) is 2.38. The summed E-state index contributed by atoms with van der Waals surface area (Å²) in [5.74, 6) is 0.386. The molecule has 0 radical (unpaired) electrons. The predicted molar refractivity (Wildman–Crippen MR) is 117 cm³/mol. The monoisotopic (exact) mass is 390 g/mol. The first-order valence-electron chi connectivity index (χ1n) is 10.0. The number of hydrogen-bond acceptors (Lipinski definition) is 3. The summed E-state index contributed by atoms with van der Waals surface area (Å²) in [6.45, 7) is 5.73. The number of carbonyl (C=O) groups is 1. The van der Waals surface area contributed by atoms with Gasteiger partial charge in [-0.3, -0.25) is 9.78 Å². The zero-order valence-corrected chi connectivity index (χ0v) is 17.3. The molecule has 1 amide bonds. The van der Waals surface area contributed by atoms with Gasteiger partial charge in [0.1, 0.15) is 0 Å². The molecule has 4 rings (SSSR count). The van der Waals surface area contributed by atoms with Crippen LogP contribution in [0.4, 0.5) is 0 Å². The largest absolute Gasteiger partial charge is 0.342 e. The fourth-order valence-corrected chi connectivity index (χ4v) is 4.94. The minimum Gasteiger partial charge on any atom is -0.342 e. The molecule has 1 saturated heterocycles. The summed E-state index contributed by atoms with van der Waals surface area (Å²) in [6, 6.07) is 17.2. The molecule has 2 heterocycles. The number of rotatable bonds is 4. The first-order chi connectivity index (χ1) is 13.6. The van der Waals surface area contributed by atoms with Gasteiger partial charge in [-0.15, -0.1) is 11.8 Å². The summed E-state index contributed by atoms with van der Waals surface area (Å²) in [4.78, 5) is 19.9. The van der Waals surface area contributed by atoms with Crippen LogP contribution in [-0.2, 0) is 4.79 Å². The van der Waals surface area contributed by atoms with Crippen molar-refractivity contribution >= 4 is 28.4 Å². The quantitative estimate of drug-likeness (QED) is 0.578. The van der Waals surface area contributed by atoms with Crippen molar-refractivity contribution in [1.82, 2.24) is 9.88 Å². The number of aromatic nitrogens is 1. The van der Waals surface area contributed by atoms with Crippen molar-refractivity contribution in [1.29, 1.82) is 0 Å². The summed E-state index contributed by atoms with van der Waals surface area (Å²) in [7, 11) is 0. The number of fused-ring (bicyclic) bond motifs is 1. The van der Waals surface area contributed by atoms with E-state index in [0.29, 0.717) is 5.25 Å². The Bertz CT molecular complexity index is 955. The van der Waals surface area contributed by atoms with Crippen molar-refractivity contribution in [2.45, 2.75) is 36.8 Å². The van der Waals surface area contributed by atoms with Gasteiger partial charge < -0.3 is 4.90 Å². The van der Waals surface area contributed by atoms with E-state index in [0.717, 1.165) is 25.9 Å². The zero-order chi connectivity index (χ0) is 19.5. The summed E-state index contributed by atoms with van der Waals surface area (Å²) in [5, 5.41) is 2.99. The highest BCUT2D eigenvalue weighted by molar-refractivity contribution is 8.00. The van der Waals surface area contributed by atoms with E-state index in [2.05, 4.69) is 47.4 Å². The van der Waals surface area contributed by atoms with E-state index < -0.39 is 0 Å². The van der Waals surface area contributed by atoms with Crippen LogP contribution >= 0.6 is 11.8 Å². The van der Waals surface area contributed by atoms with E-state index in [1.807, 2.05) is 49.0 Å². The van der Waals surface area contributed by atoms with Gasteiger partial charge in [0.2, 0.25) is 5.91 Å². The maximum atomic E-state index is 12.1. The molecule has 144 valence electrons. The SMILES string of the molecule is CC(C)C(=O)N1CCC(Sc2ccc(-c3cncc4ccccc34)cc2)CC1. The normalized spacial score (nSPS) is 15.3. The molecule has 1 fully saturated rings. The van der Waals surface area contributed by atoms with Gasteiger partial charge in [0.15, 0.2) is 0 Å². The van der Waals surface area contributed by atoms with Crippen LogP contribution in [-0.4, -0.2) is 34.1 Å². The topological polar surface area (TPSA) is 33.2 Å². The van der Waals surface area contributed by atoms with E-state index in [1.54, 1.807) is 0 Å². The number of carbonyl (C=O) groups excluding carboxylic acids is 1. The van der Waals surface area contributed by atoms with Gasteiger partial charge in [0.25, 0.3) is 0 Å². The van der Waals surface area contributed by atoms with Crippen LogP contribution in [0.5, 0.6) is 0 Å². The van der Waals surface area contributed by atoms with E-state index in [4.69, 9.17) is 0 Å². The average molecular weight is 391 g/mol. The maximum absolute atomic E-state index is 12.1. The second kappa shape index (κ2) is 8.36. The molecule has 0 N–H and O–H groups in total. The Labute approximate surface area is 171 Å². The first-order valence-corrected chi connectivity index (χ1v) is 10.9. The van der Waals surface area contributed by atoms with Crippen LogP contribution < -0.4 is 0 Å². The van der Waals surface area contributed by atoms with Crippen LogP contribution in [0.3, 0.4) is 0 Å². The van der Waals surface area contributed by atoms with Crippen LogP contribution in [0.15, 0.2) is 65.8 Å². The molecular formula is C24H26N2OS. The Balaban J connectivity index is 1.42. The van der Waals surface area contributed by atoms with Gasteiger partial charge in [0.05, 0.1) is 0 Å². The Kier molecular flexibility index (Phi) is 5.67. The smallest absolute Gasteiger partial charge is 0.225 e. The second-order valence-corrected chi connectivity index (χ2v) is 9.10. The third kappa shape index (κ3) is 4.07. The summed E-state index contributed by atoms with van der Waals surface area (Å²) >= 11 is 1.94. The van der Waals surface area contributed by atoms with Gasteiger partial charge >= 0.3 is 0 Å². The molecule has 1 aromatic heterocycles. The summed E-state index contributed by atoms with van der Waals surface area (Å²) < 4.78 is 0. The highest BCUT2D eigenvalue weighted by atomic mass is 32.2. The molecule has 1 aliphatic rings. The third-order valence-electron chi connectivity index (χ3n) is 5.38. The molecule has 0 bridgehead atoms. The number of thioether (sulfide) groups is 1. The van der Waals surface area contributed by atoms with Gasteiger partial charge in [-0.05, 0) is 35.9 Å². The maximum Gasteiger partial charge on any atom is 0.225 e. The van der Waals surface area contributed by atoms with Crippen molar-refractivity contribution in [3.8, 4) is 11.1 Å². The molecule has 0 atom stereocenters. The molecule has 2 aromatic carbocycles. The lowest BCUT2D eigenvalue weighted by Crippen LogP contribution is -2.41. The third-order valence-corrected chi connectivity index (χ3v) is 6.73. The van der Waals surface area contributed by atoms with E-state index in [-0.39, 0.29) is 11.8 Å². The van der Waals surface area contributed by atoms with Crippen LogP contribution in [0, 0.1) is 5.92 Å². The van der Waals surface area contributed by atoms with Gasteiger partial charge in [-0.25, -0.2) is 0 Å². The number of amides is 1. The highest BCUT2D eigenvalue weighted by Crippen LogP contribution is 2.33. The van der Waals surface area contributed by atoms with Gasteiger partial charge in [0, 0.05) is 52.5 Å². The Morgan fingerprint density at radius 1 is 1.04 bits per heavy atom. The number of pyridine rings is 1. The minimum absolute atomic E-state index is 0.0975. The Morgan fingerprint density at radius 2 is 1.75 bits per heavy atom. The Hall–Kier alpha value is -2.33. The standard InChI is InChI=1S/C24H26N2OS/c1-17(2)24(27)26-13-11-21(12-14-26)28-20-9-7-18(8-10-20)23-16-25-15-19-5-3-4-6-22(19)23/h3-10,15-17,21H,11-14H2,1-2H3. The molecule has 0 unspecified atom stereocenters. The van der Waals surface area contributed by atoms with Crippen LogP contribution in [0.2, 0.25) is 0 Å². The lowest BCUT2D eigenvalue weighted by molar-refractivity contribution is -0.135. The number of piperidine rings is 1. The fourth-order valence-electron chi connectivity index (χ4n) is 3.81. The van der Waals surface area contributed by atoms with Crippen LogP contribution in [0.1, 0.15) is 26.7 Å². The number of hydrogen-bond donors (Lipinski definition) is 0. The highest BCUT2D eigenvalue weighted by Gasteiger charge is 2.24. The summed E-state index contributed by atoms with van der Waals surface area (Å²) in [6.07, 6.45) is 6.00. The molecule has 0 spiro atoms. The first kappa shape index (κ1) is 19.0. The molecular weight excluding hydrogens is 364 g/mol. The lowest BCUT2D eigenvalue weighted by Gasteiger charge is -2.32. The number of benzene rings is 2. The van der Waals surface area contributed by atoms with Crippen molar-refractivity contribution < 1.29 is 4.79 Å². The molecule has 3 nitrogen and oxygen atoms in total.